The molecule has 6 heteroatoms. The molecule has 34 heavy (non-hydrogen) atoms. The number of aryl methyl sites for hydroxylation is 1. The molecule has 0 spiro atoms. The van der Waals surface area contributed by atoms with Gasteiger partial charge in [-0.25, -0.2) is 0 Å². The molecule has 184 valence electrons. The van der Waals surface area contributed by atoms with E-state index < -0.39 is 6.04 Å². The first kappa shape index (κ1) is 26.6. The fraction of sp³-hybridized carbons (Fsp3) is 0.500. The molecular weight excluding hydrogens is 467 g/mol. The Kier molecular flexibility index (Phi) is 9.06. The van der Waals surface area contributed by atoms with Crippen LogP contribution < -0.4 is 5.32 Å². The van der Waals surface area contributed by atoms with Gasteiger partial charge >= 0.3 is 0 Å². The molecule has 1 aliphatic carbocycles. The van der Waals surface area contributed by atoms with Crippen LogP contribution in [0.3, 0.4) is 0 Å². The third kappa shape index (κ3) is 7.23. The smallest absolute Gasteiger partial charge is 0.242 e. The van der Waals surface area contributed by atoms with Gasteiger partial charge in [0.2, 0.25) is 11.8 Å². The van der Waals surface area contributed by atoms with Crippen LogP contribution >= 0.6 is 23.2 Å². The number of hydrogen-bond donors (Lipinski definition) is 1. The molecule has 0 heterocycles. The molecule has 0 aliphatic heterocycles. The number of hydrogen-bond acceptors (Lipinski definition) is 2. The Balaban J connectivity index is 1.73. The largest absolute Gasteiger partial charge is 0.352 e. The molecule has 1 aliphatic rings. The highest BCUT2D eigenvalue weighted by atomic mass is 35.5. The van der Waals surface area contributed by atoms with E-state index >= 15 is 0 Å². The summed E-state index contributed by atoms with van der Waals surface area (Å²) >= 11 is 12.5. The lowest BCUT2D eigenvalue weighted by Crippen LogP contribution is -2.49. The van der Waals surface area contributed by atoms with Crippen molar-refractivity contribution in [2.24, 2.45) is 0 Å². The van der Waals surface area contributed by atoms with Crippen LogP contribution in [0.15, 0.2) is 42.5 Å². The van der Waals surface area contributed by atoms with Crippen molar-refractivity contribution < 1.29 is 9.59 Å². The van der Waals surface area contributed by atoms with Crippen molar-refractivity contribution >= 4 is 35.0 Å². The minimum Gasteiger partial charge on any atom is -0.352 e. The Morgan fingerprint density at radius 2 is 1.71 bits per heavy atom. The summed E-state index contributed by atoms with van der Waals surface area (Å²) in [5.74, 6) is -0.181. The maximum absolute atomic E-state index is 13.4. The lowest BCUT2D eigenvalue weighted by molar-refractivity contribution is -0.140. The highest BCUT2D eigenvalue weighted by Crippen LogP contribution is 2.25. The molecular formula is C28H36Cl2N2O2. The Morgan fingerprint density at radius 3 is 2.29 bits per heavy atom. The predicted octanol–water partition coefficient (Wildman–Crippen LogP) is 6.70. The maximum Gasteiger partial charge on any atom is 0.242 e. The van der Waals surface area contributed by atoms with Crippen molar-refractivity contribution in [3.63, 3.8) is 0 Å². The van der Waals surface area contributed by atoms with Gasteiger partial charge in [0.1, 0.15) is 6.04 Å². The van der Waals surface area contributed by atoms with E-state index in [4.69, 9.17) is 23.2 Å². The number of halogens is 2. The van der Waals surface area contributed by atoms with Crippen molar-refractivity contribution in [3.05, 3.63) is 69.2 Å². The van der Waals surface area contributed by atoms with Crippen LogP contribution in [0.5, 0.6) is 0 Å². The zero-order chi connectivity index (χ0) is 24.9. The molecule has 2 aromatic carbocycles. The third-order valence-electron chi connectivity index (χ3n) is 6.67. The summed E-state index contributed by atoms with van der Waals surface area (Å²) in [6, 6.07) is 13.3. The number of benzene rings is 2. The summed E-state index contributed by atoms with van der Waals surface area (Å²) < 4.78 is 0. The van der Waals surface area contributed by atoms with Gasteiger partial charge in [0.15, 0.2) is 0 Å². The van der Waals surface area contributed by atoms with Gasteiger partial charge in [0.25, 0.3) is 0 Å². The molecule has 3 rings (SSSR count). The quantitative estimate of drug-likeness (QED) is 0.436. The summed E-state index contributed by atoms with van der Waals surface area (Å²) in [5.41, 5.74) is 3.23. The van der Waals surface area contributed by atoms with Gasteiger partial charge in [-0.3, -0.25) is 9.59 Å². The van der Waals surface area contributed by atoms with E-state index in [9.17, 15) is 9.59 Å². The third-order valence-corrected chi connectivity index (χ3v) is 7.26. The van der Waals surface area contributed by atoms with Crippen molar-refractivity contribution in [3.8, 4) is 0 Å². The minimum absolute atomic E-state index is 0.0695. The van der Waals surface area contributed by atoms with Crippen LogP contribution in [-0.2, 0) is 28.0 Å². The maximum atomic E-state index is 13.4. The number of amides is 2. The van der Waals surface area contributed by atoms with Crippen molar-refractivity contribution in [1.29, 1.82) is 0 Å². The van der Waals surface area contributed by atoms with E-state index in [1.165, 1.54) is 5.56 Å². The molecule has 0 radical (unpaired) electrons. The number of carbonyl (C=O) groups is 2. The van der Waals surface area contributed by atoms with Crippen LogP contribution in [0.25, 0.3) is 0 Å². The molecule has 2 aromatic rings. The second kappa shape index (κ2) is 11.6. The lowest BCUT2D eigenvalue weighted by atomic mass is 9.86. The average Bonchev–Trinajstić information content (AvgIpc) is 3.29. The monoisotopic (exact) mass is 502 g/mol. The molecule has 1 saturated carbocycles. The molecule has 0 saturated heterocycles. The first-order valence-electron chi connectivity index (χ1n) is 12.2. The van der Waals surface area contributed by atoms with Crippen LogP contribution in [0.1, 0.15) is 76.5 Å². The standard InChI is InChI=1S/C28H36Cl2N2O2/c1-19(27(34)31-24-7-5-6-8-24)32(18-21-12-15-23(29)17-25(21)30)26(33)16-11-20-9-13-22(14-10-20)28(2,3)4/h9-10,12-15,17,19,24H,5-8,11,16,18H2,1-4H3,(H,31,34)/t19-/m0/s1. The molecule has 1 atom stereocenters. The van der Waals surface area contributed by atoms with Gasteiger partial charge in [0, 0.05) is 29.1 Å². The summed E-state index contributed by atoms with van der Waals surface area (Å²) in [7, 11) is 0. The fourth-order valence-electron chi connectivity index (χ4n) is 4.37. The van der Waals surface area contributed by atoms with Gasteiger partial charge in [-0.05, 0) is 60.4 Å². The highest BCUT2D eigenvalue weighted by molar-refractivity contribution is 6.35. The first-order valence-corrected chi connectivity index (χ1v) is 12.9. The van der Waals surface area contributed by atoms with E-state index in [0.29, 0.717) is 22.9 Å². The average molecular weight is 504 g/mol. The van der Waals surface area contributed by atoms with Crippen molar-refractivity contribution in [2.75, 3.05) is 0 Å². The van der Waals surface area contributed by atoms with Crippen molar-refractivity contribution in [1.82, 2.24) is 10.2 Å². The second-order valence-electron chi connectivity index (χ2n) is 10.4. The number of nitrogens with zero attached hydrogens (tertiary/aromatic N) is 1. The zero-order valence-corrected chi connectivity index (χ0v) is 22.2. The molecule has 2 amide bonds. The second-order valence-corrected chi connectivity index (χ2v) is 11.2. The van der Waals surface area contributed by atoms with Gasteiger partial charge in [0.05, 0.1) is 0 Å². The summed E-state index contributed by atoms with van der Waals surface area (Å²) in [5, 5.41) is 4.16. The molecule has 1 fully saturated rings. The Bertz CT molecular complexity index is 992. The summed E-state index contributed by atoms with van der Waals surface area (Å²) in [6.07, 6.45) is 5.21. The van der Waals surface area contributed by atoms with Gasteiger partial charge in [-0.1, -0.05) is 87.1 Å². The van der Waals surface area contributed by atoms with E-state index in [1.807, 2.05) is 6.07 Å². The molecule has 0 bridgehead atoms. The Hall–Kier alpha value is -2.04. The molecule has 4 nitrogen and oxygen atoms in total. The predicted molar refractivity (Wildman–Crippen MR) is 140 cm³/mol. The SMILES string of the molecule is C[C@@H](C(=O)NC1CCCC1)N(Cc1ccc(Cl)cc1Cl)C(=O)CCc1ccc(C(C)(C)C)cc1. The summed E-state index contributed by atoms with van der Waals surface area (Å²) in [6.45, 7) is 8.61. The first-order chi connectivity index (χ1) is 16.0. The molecule has 0 aromatic heterocycles. The Morgan fingerprint density at radius 1 is 1.06 bits per heavy atom. The molecule has 0 unspecified atom stereocenters. The van der Waals surface area contributed by atoms with E-state index in [1.54, 1.807) is 24.0 Å². The van der Waals surface area contributed by atoms with Crippen molar-refractivity contribution in [2.45, 2.75) is 90.3 Å². The van der Waals surface area contributed by atoms with Crippen LogP contribution in [0.2, 0.25) is 10.0 Å². The fourth-order valence-corrected chi connectivity index (χ4v) is 4.84. The summed E-state index contributed by atoms with van der Waals surface area (Å²) in [4.78, 5) is 28.0. The topological polar surface area (TPSA) is 49.4 Å². The van der Waals surface area contributed by atoms with E-state index in [0.717, 1.165) is 36.8 Å². The molecule has 1 N–H and O–H groups in total. The van der Waals surface area contributed by atoms with E-state index in [-0.39, 0.29) is 29.8 Å². The van der Waals surface area contributed by atoms with Gasteiger partial charge in [-0.15, -0.1) is 0 Å². The lowest BCUT2D eigenvalue weighted by Gasteiger charge is -2.30. The van der Waals surface area contributed by atoms with E-state index in [2.05, 4.69) is 50.4 Å². The zero-order valence-electron chi connectivity index (χ0n) is 20.7. The number of carbonyl (C=O) groups excluding carboxylic acids is 2. The van der Waals surface area contributed by atoms with Gasteiger partial charge in [-0.2, -0.15) is 0 Å². The normalized spacial score (nSPS) is 15.2. The Labute approximate surface area is 214 Å². The van der Waals surface area contributed by atoms with Crippen LogP contribution in [0.4, 0.5) is 0 Å². The van der Waals surface area contributed by atoms with Gasteiger partial charge < -0.3 is 10.2 Å². The number of rotatable bonds is 8. The highest BCUT2D eigenvalue weighted by Gasteiger charge is 2.28. The van der Waals surface area contributed by atoms with Crippen LogP contribution in [0, 0.1) is 0 Å². The minimum atomic E-state index is -0.594. The number of nitrogens with one attached hydrogen (secondary N) is 1. The van der Waals surface area contributed by atoms with Crippen LogP contribution in [-0.4, -0.2) is 28.8 Å².